The van der Waals surface area contributed by atoms with Gasteiger partial charge < -0.3 is 9.53 Å². The number of carbonyl (C=O) groups excluding carboxylic acids is 3. The van der Waals surface area contributed by atoms with E-state index in [2.05, 4.69) is 6.58 Å². The van der Waals surface area contributed by atoms with Crippen molar-refractivity contribution in [2.24, 2.45) is 22.2 Å². The standard InChI is InChI=1S/C16H20O4/c1-10-8-14(2,9-17)15(3)7-6-11(18)16(4,12(10)15)13(19)20-5/h6-7,9,12H,1,8H2,2-5H3/t12-,14-,15-,16+/m0/s1. The number of carbonyl (C=O) groups is 3. The van der Waals surface area contributed by atoms with E-state index < -0.39 is 28.1 Å². The lowest BCUT2D eigenvalue weighted by Crippen LogP contribution is -2.53. The van der Waals surface area contributed by atoms with E-state index in [1.807, 2.05) is 13.8 Å². The Bertz CT molecular complexity index is 547. The van der Waals surface area contributed by atoms with E-state index in [9.17, 15) is 14.4 Å². The average Bonchev–Trinajstić information content (AvgIpc) is 2.62. The van der Waals surface area contributed by atoms with Gasteiger partial charge in [-0.05, 0) is 19.4 Å². The highest BCUT2D eigenvalue weighted by atomic mass is 16.5. The molecule has 4 nitrogen and oxygen atoms in total. The van der Waals surface area contributed by atoms with Crippen LogP contribution < -0.4 is 0 Å². The van der Waals surface area contributed by atoms with Gasteiger partial charge in [0, 0.05) is 16.7 Å². The summed E-state index contributed by atoms with van der Waals surface area (Å²) < 4.78 is 4.84. The third kappa shape index (κ3) is 1.45. The summed E-state index contributed by atoms with van der Waals surface area (Å²) in [5.74, 6) is -1.28. The van der Waals surface area contributed by atoms with Crippen LogP contribution in [0.15, 0.2) is 24.3 Å². The Morgan fingerprint density at radius 1 is 1.45 bits per heavy atom. The molecule has 0 radical (unpaired) electrons. The maximum atomic E-state index is 12.3. The molecular weight excluding hydrogens is 256 g/mol. The molecule has 4 heteroatoms. The molecule has 0 amide bonds. The van der Waals surface area contributed by atoms with Gasteiger partial charge >= 0.3 is 5.97 Å². The molecule has 0 aromatic carbocycles. The van der Waals surface area contributed by atoms with Gasteiger partial charge in [-0.25, -0.2) is 0 Å². The summed E-state index contributed by atoms with van der Waals surface area (Å²) in [5.41, 5.74) is -1.83. The number of methoxy groups -OCH3 is 1. The molecule has 2 rings (SSSR count). The molecule has 2 aliphatic carbocycles. The molecule has 0 heterocycles. The maximum absolute atomic E-state index is 12.3. The van der Waals surface area contributed by atoms with E-state index in [1.54, 1.807) is 13.0 Å². The first-order chi connectivity index (χ1) is 9.17. The Morgan fingerprint density at radius 3 is 2.55 bits per heavy atom. The van der Waals surface area contributed by atoms with Crippen molar-refractivity contribution in [1.82, 2.24) is 0 Å². The van der Waals surface area contributed by atoms with Crippen molar-refractivity contribution in [3.05, 3.63) is 24.3 Å². The second kappa shape index (κ2) is 4.14. The SMILES string of the molecule is C=C1C[C@@](C)(C=O)[C@@]2(C)C=CC(=O)[C@@](C)(C(=O)OC)[C@@H]12. The number of ketones is 1. The summed E-state index contributed by atoms with van der Waals surface area (Å²) in [4.78, 5) is 36.1. The maximum Gasteiger partial charge on any atom is 0.320 e. The summed E-state index contributed by atoms with van der Waals surface area (Å²) in [7, 11) is 1.27. The molecular formula is C16H20O4. The molecule has 1 saturated carbocycles. The van der Waals surface area contributed by atoms with Crippen LogP contribution in [0.4, 0.5) is 0 Å². The molecule has 0 aliphatic heterocycles. The normalized spacial score (nSPS) is 43.3. The molecule has 0 saturated heterocycles. The highest BCUT2D eigenvalue weighted by molar-refractivity contribution is 6.10. The zero-order chi connectivity index (χ0) is 15.3. The fraction of sp³-hybridized carbons (Fsp3) is 0.562. The minimum Gasteiger partial charge on any atom is -0.468 e. The van der Waals surface area contributed by atoms with Crippen LogP contribution in [0.5, 0.6) is 0 Å². The van der Waals surface area contributed by atoms with Crippen LogP contribution in [0.2, 0.25) is 0 Å². The van der Waals surface area contributed by atoms with Crippen LogP contribution in [-0.2, 0) is 19.1 Å². The van der Waals surface area contributed by atoms with Gasteiger partial charge in [0.2, 0.25) is 0 Å². The van der Waals surface area contributed by atoms with Gasteiger partial charge in [-0.2, -0.15) is 0 Å². The Morgan fingerprint density at radius 2 is 2.05 bits per heavy atom. The summed E-state index contributed by atoms with van der Waals surface area (Å²) in [6.07, 6.45) is 4.56. The Kier molecular flexibility index (Phi) is 3.04. The van der Waals surface area contributed by atoms with E-state index in [-0.39, 0.29) is 5.78 Å². The third-order valence-corrected chi connectivity index (χ3v) is 5.37. The fourth-order valence-corrected chi connectivity index (χ4v) is 3.98. The number of aldehydes is 1. The summed E-state index contributed by atoms with van der Waals surface area (Å²) >= 11 is 0. The van der Waals surface area contributed by atoms with Crippen LogP contribution in [0.25, 0.3) is 0 Å². The van der Waals surface area contributed by atoms with E-state index in [1.165, 1.54) is 13.2 Å². The molecule has 1 fully saturated rings. The molecule has 0 spiro atoms. The molecule has 0 bridgehead atoms. The largest absolute Gasteiger partial charge is 0.468 e. The minimum atomic E-state index is -1.31. The highest BCUT2D eigenvalue weighted by Gasteiger charge is 2.66. The monoisotopic (exact) mass is 276 g/mol. The van der Waals surface area contributed by atoms with Crippen LogP contribution in [0.3, 0.4) is 0 Å². The predicted octanol–water partition coefficient (Wildman–Crippen LogP) is 2.09. The summed E-state index contributed by atoms with van der Waals surface area (Å²) in [5, 5.41) is 0. The average molecular weight is 276 g/mol. The lowest BCUT2D eigenvalue weighted by Gasteiger charge is -2.47. The number of hydrogen-bond donors (Lipinski definition) is 0. The van der Waals surface area contributed by atoms with Gasteiger partial charge in [-0.1, -0.05) is 32.1 Å². The molecule has 2 aliphatic rings. The third-order valence-electron chi connectivity index (χ3n) is 5.37. The predicted molar refractivity (Wildman–Crippen MR) is 73.8 cm³/mol. The van der Waals surface area contributed by atoms with Crippen molar-refractivity contribution >= 4 is 18.0 Å². The molecule has 0 N–H and O–H groups in total. The summed E-state index contributed by atoms with van der Waals surface area (Å²) in [6, 6.07) is 0. The number of ether oxygens (including phenoxy) is 1. The van der Waals surface area contributed by atoms with Crippen molar-refractivity contribution in [2.75, 3.05) is 7.11 Å². The molecule has 108 valence electrons. The Labute approximate surface area is 118 Å². The first-order valence-corrected chi connectivity index (χ1v) is 6.63. The van der Waals surface area contributed by atoms with Gasteiger partial charge in [0.1, 0.15) is 11.7 Å². The van der Waals surface area contributed by atoms with Crippen molar-refractivity contribution in [3.63, 3.8) is 0 Å². The number of esters is 1. The number of fused-ring (bicyclic) bond motifs is 1. The first-order valence-electron chi connectivity index (χ1n) is 6.63. The number of rotatable bonds is 2. The van der Waals surface area contributed by atoms with Gasteiger partial charge in [0.05, 0.1) is 7.11 Å². The van der Waals surface area contributed by atoms with E-state index >= 15 is 0 Å². The quantitative estimate of drug-likeness (QED) is 0.335. The molecule has 20 heavy (non-hydrogen) atoms. The van der Waals surface area contributed by atoms with Crippen molar-refractivity contribution in [1.29, 1.82) is 0 Å². The van der Waals surface area contributed by atoms with Gasteiger partial charge in [0.15, 0.2) is 5.78 Å². The van der Waals surface area contributed by atoms with Gasteiger partial charge in [-0.3, -0.25) is 9.59 Å². The number of hydrogen-bond acceptors (Lipinski definition) is 4. The van der Waals surface area contributed by atoms with Gasteiger partial charge in [-0.15, -0.1) is 0 Å². The smallest absolute Gasteiger partial charge is 0.320 e. The summed E-state index contributed by atoms with van der Waals surface area (Å²) in [6.45, 7) is 9.37. The van der Waals surface area contributed by atoms with Crippen molar-refractivity contribution < 1.29 is 19.1 Å². The van der Waals surface area contributed by atoms with Crippen molar-refractivity contribution in [2.45, 2.75) is 27.2 Å². The topological polar surface area (TPSA) is 60.4 Å². The van der Waals surface area contributed by atoms with E-state index in [4.69, 9.17) is 4.74 Å². The van der Waals surface area contributed by atoms with Crippen LogP contribution >= 0.6 is 0 Å². The zero-order valence-electron chi connectivity index (χ0n) is 12.4. The zero-order valence-corrected chi connectivity index (χ0v) is 12.4. The lowest BCUT2D eigenvalue weighted by molar-refractivity contribution is -0.162. The van der Waals surface area contributed by atoms with Gasteiger partial charge in [0.25, 0.3) is 0 Å². The molecule has 0 aromatic heterocycles. The van der Waals surface area contributed by atoms with Crippen LogP contribution in [0.1, 0.15) is 27.2 Å². The molecule has 4 atom stereocenters. The Hall–Kier alpha value is -1.71. The number of allylic oxidation sites excluding steroid dienone is 3. The fourth-order valence-electron chi connectivity index (χ4n) is 3.98. The van der Waals surface area contributed by atoms with E-state index in [0.29, 0.717) is 6.42 Å². The van der Waals surface area contributed by atoms with Crippen LogP contribution in [0, 0.1) is 22.2 Å². The van der Waals surface area contributed by atoms with Crippen LogP contribution in [-0.4, -0.2) is 25.1 Å². The lowest BCUT2D eigenvalue weighted by atomic mass is 9.54. The highest BCUT2D eigenvalue weighted by Crippen LogP contribution is 2.65. The Balaban J connectivity index is 2.70. The van der Waals surface area contributed by atoms with Crippen molar-refractivity contribution in [3.8, 4) is 0 Å². The minimum absolute atomic E-state index is 0.289. The first kappa shape index (κ1) is 14.7. The second-order valence-electron chi connectivity index (χ2n) is 6.48. The van der Waals surface area contributed by atoms with E-state index in [0.717, 1.165) is 11.9 Å². The second-order valence-corrected chi connectivity index (χ2v) is 6.48. The molecule has 0 aromatic rings. The molecule has 0 unspecified atom stereocenters.